The minimum absolute atomic E-state index is 0.454. The van der Waals surface area contributed by atoms with Crippen molar-refractivity contribution < 1.29 is 0 Å². The van der Waals surface area contributed by atoms with Crippen LogP contribution >= 0.6 is 11.6 Å². The van der Waals surface area contributed by atoms with E-state index < -0.39 is 0 Å². The number of nitrogens with one attached hydrogen (secondary N) is 1. The zero-order chi connectivity index (χ0) is 13.0. The predicted octanol–water partition coefficient (Wildman–Crippen LogP) is 3.77. The lowest BCUT2D eigenvalue weighted by atomic mass is 10.2. The quantitative estimate of drug-likeness (QED) is 0.890. The highest BCUT2D eigenvalue weighted by atomic mass is 35.5. The molecule has 0 unspecified atom stereocenters. The molecule has 96 valence electrons. The largest absolute Gasteiger partial charge is 0.383 e. The van der Waals surface area contributed by atoms with E-state index in [0.29, 0.717) is 5.92 Å². The fourth-order valence-electron chi connectivity index (χ4n) is 1.90. The molecule has 2 aromatic rings. The van der Waals surface area contributed by atoms with Crippen LogP contribution in [0.4, 0.5) is 5.69 Å². The van der Waals surface area contributed by atoms with Gasteiger partial charge >= 0.3 is 0 Å². The molecule has 0 aliphatic heterocycles. The zero-order valence-electron chi connectivity index (χ0n) is 10.7. The first kappa shape index (κ1) is 13.0. The van der Waals surface area contributed by atoms with Crippen molar-refractivity contribution in [3.05, 3.63) is 47.5 Å². The van der Waals surface area contributed by atoms with Gasteiger partial charge in [-0.25, -0.2) is 4.98 Å². The number of nitrogens with zero attached hydrogens (tertiary/aromatic N) is 2. The van der Waals surface area contributed by atoms with Gasteiger partial charge in [-0.1, -0.05) is 25.4 Å². The fraction of sp³-hybridized carbons (Fsp3) is 0.357. The molecule has 0 spiro atoms. The summed E-state index contributed by atoms with van der Waals surface area (Å²) in [5.74, 6) is 1.59. The molecule has 1 heterocycles. The van der Waals surface area contributed by atoms with Crippen molar-refractivity contribution in [3.8, 4) is 0 Å². The van der Waals surface area contributed by atoms with Crippen molar-refractivity contribution in [2.75, 3.05) is 11.9 Å². The van der Waals surface area contributed by atoms with Gasteiger partial charge in [0.1, 0.15) is 5.82 Å². The van der Waals surface area contributed by atoms with E-state index in [-0.39, 0.29) is 0 Å². The Balaban J connectivity index is 1.88. The van der Waals surface area contributed by atoms with E-state index in [0.717, 1.165) is 29.6 Å². The van der Waals surface area contributed by atoms with Crippen LogP contribution in [0, 0.1) is 0 Å². The monoisotopic (exact) mass is 263 g/mol. The number of imidazole rings is 1. The van der Waals surface area contributed by atoms with Crippen LogP contribution in [-0.2, 0) is 6.54 Å². The van der Waals surface area contributed by atoms with Gasteiger partial charge in [0, 0.05) is 42.1 Å². The third kappa shape index (κ3) is 3.26. The highest BCUT2D eigenvalue weighted by Crippen LogP contribution is 2.14. The smallest absolute Gasteiger partial charge is 0.111 e. The third-order valence-electron chi connectivity index (χ3n) is 2.79. The summed E-state index contributed by atoms with van der Waals surface area (Å²) in [6.45, 7) is 6.10. The second kappa shape index (κ2) is 5.91. The number of hydrogen-bond acceptors (Lipinski definition) is 2. The van der Waals surface area contributed by atoms with Crippen molar-refractivity contribution in [1.82, 2.24) is 9.55 Å². The molecule has 0 amide bonds. The molecule has 1 N–H and O–H groups in total. The topological polar surface area (TPSA) is 29.9 Å². The number of benzene rings is 1. The average Bonchev–Trinajstić information content (AvgIpc) is 2.80. The lowest BCUT2D eigenvalue weighted by Gasteiger charge is -2.11. The summed E-state index contributed by atoms with van der Waals surface area (Å²) >= 11 is 5.84. The minimum atomic E-state index is 0.454. The molecule has 0 saturated carbocycles. The van der Waals surface area contributed by atoms with E-state index in [9.17, 15) is 0 Å². The maximum absolute atomic E-state index is 5.84. The van der Waals surface area contributed by atoms with Crippen LogP contribution in [0.2, 0.25) is 5.02 Å². The number of anilines is 1. The van der Waals surface area contributed by atoms with Crippen LogP contribution < -0.4 is 5.32 Å². The highest BCUT2D eigenvalue weighted by Gasteiger charge is 2.06. The van der Waals surface area contributed by atoms with Crippen LogP contribution in [0.3, 0.4) is 0 Å². The molecule has 0 atom stereocenters. The SMILES string of the molecule is CC(C)c1nccn1CCNc1ccc(Cl)cc1. The van der Waals surface area contributed by atoms with Crippen molar-refractivity contribution in [3.63, 3.8) is 0 Å². The number of halogens is 1. The third-order valence-corrected chi connectivity index (χ3v) is 3.04. The number of rotatable bonds is 5. The Hall–Kier alpha value is -1.48. The molecule has 1 aromatic heterocycles. The summed E-state index contributed by atoms with van der Waals surface area (Å²) in [6, 6.07) is 7.75. The van der Waals surface area contributed by atoms with Crippen molar-refractivity contribution in [2.24, 2.45) is 0 Å². The van der Waals surface area contributed by atoms with Crippen molar-refractivity contribution in [1.29, 1.82) is 0 Å². The first-order valence-electron chi connectivity index (χ1n) is 6.17. The van der Waals surface area contributed by atoms with Gasteiger partial charge in [-0.15, -0.1) is 0 Å². The van der Waals surface area contributed by atoms with Gasteiger partial charge in [0.25, 0.3) is 0 Å². The maximum atomic E-state index is 5.84. The van der Waals surface area contributed by atoms with Crippen molar-refractivity contribution >= 4 is 17.3 Å². The summed E-state index contributed by atoms with van der Waals surface area (Å²) in [5, 5.41) is 4.13. The van der Waals surface area contributed by atoms with E-state index >= 15 is 0 Å². The fourth-order valence-corrected chi connectivity index (χ4v) is 2.02. The lowest BCUT2D eigenvalue weighted by molar-refractivity contribution is 0.637. The summed E-state index contributed by atoms with van der Waals surface area (Å²) < 4.78 is 2.19. The van der Waals surface area contributed by atoms with Crippen LogP contribution in [-0.4, -0.2) is 16.1 Å². The molecule has 3 nitrogen and oxygen atoms in total. The normalized spacial score (nSPS) is 10.9. The molecule has 0 fully saturated rings. The predicted molar refractivity (Wildman–Crippen MR) is 76.3 cm³/mol. The molecule has 18 heavy (non-hydrogen) atoms. The molecule has 0 aliphatic rings. The molecule has 1 aromatic carbocycles. The number of hydrogen-bond donors (Lipinski definition) is 1. The highest BCUT2D eigenvalue weighted by molar-refractivity contribution is 6.30. The number of aromatic nitrogens is 2. The standard InChI is InChI=1S/C14H18ClN3/c1-11(2)14-17-8-10-18(14)9-7-16-13-5-3-12(15)4-6-13/h3-6,8,10-11,16H,7,9H2,1-2H3. The van der Waals surface area contributed by atoms with Gasteiger partial charge in [0.05, 0.1) is 0 Å². The van der Waals surface area contributed by atoms with Gasteiger partial charge in [-0.05, 0) is 24.3 Å². The van der Waals surface area contributed by atoms with Crippen LogP contribution in [0.25, 0.3) is 0 Å². The molecule has 0 radical (unpaired) electrons. The Bertz CT molecular complexity index is 488. The van der Waals surface area contributed by atoms with E-state index in [2.05, 4.69) is 28.7 Å². The molecule has 0 aliphatic carbocycles. The van der Waals surface area contributed by atoms with Crippen LogP contribution in [0.15, 0.2) is 36.7 Å². The van der Waals surface area contributed by atoms with Gasteiger partial charge in [-0.3, -0.25) is 0 Å². The Morgan fingerprint density at radius 1 is 1.28 bits per heavy atom. The average molecular weight is 264 g/mol. The lowest BCUT2D eigenvalue weighted by Crippen LogP contribution is -2.13. The van der Waals surface area contributed by atoms with E-state index in [1.165, 1.54) is 0 Å². The Labute approximate surface area is 113 Å². The first-order chi connectivity index (χ1) is 8.66. The first-order valence-corrected chi connectivity index (χ1v) is 6.55. The van der Waals surface area contributed by atoms with Gasteiger partial charge in [0.2, 0.25) is 0 Å². The second-order valence-corrected chi connectivity index (χ2v) is 5.00. The second-order valence-electron chi connectivity index (χ2n) is 4.57. The Morgan fingerprint density at radius 2 is 2.00 bits per heavy atom. The summed E-state index contributed by atoms with van der Waals surface area (Å²) in [4.78, 5) is 4.37. The Morgan fingerprint density at radius 3 is 2.67 bits per heavy atom. The van der Waals surface area contributed by atoms with E-state index in [4.69, 9.17) is 11.6 Å². The molecule has 4 heteroatoms. The summed E-state index contributed by atoms with van der Waals surface area (Å²) in [7, 11) is 0. The maximum Gasteiger partial charge on any atom is 0.111 e. The molecule has 0 saturated heterocycles. The summed E-state index contributed by atoms with van der Waals surface area (Å²) in [6.07, 6.45) is 3.89. The molecule has 0 bridgehead atoms. The minimum Gasteiger partial charge on any atom is -0.383 e. The van der Waals surface area contributed by atoms with E-state index in [1.54, 1.807) is 0 Å². The van der Waals surface area contributed by atoms with Crippen molar-refractivity contribution in [2.45, 2.75) is 26.3 Å². The molecular formula is C14H18ClN3. The van der Waals surface area contributed by atoms with E-state index in [1.807, 2.05) is 36.7 Å². The Kier molecular flexibility index (Phi) is 4.26. The molecule has 2 rings (SSSR count). The summed E-state index contributed by atoms with van der Waals surface area (Å²) in [5.41, 5.74) is 1.09. The van der Waals surface area contributed by atoms with Crippen LogP contribution in [0.1, 0.15) is 25.6 Å². The van der Waals surface area contributed by atoms with Gasteiger partial charge in [0.15, 0.2) is 0 Å². The zero-order valence-corrected chi connectivity index (χ0v) is 11.5. The van der Waals surface area contributed by atoms with Crippen LogP contribution in [0.5, 0.6) is 0 Å². The molecular weight excluding hydrogens is 246 g/mol. The van der Waals surface area contributed by atoms with Gasteiger partial charge in [-0.2, -0.15) is 0 Å². The van der Waals surface area contributed by atoms with Gasteiger partial charge < -0.3 is 9.88 Å².